The average Bonchev–Trinajstić information content (AvgIpc) is 2.77. The van der Waals surface area contributed by atoms with Crippen molar-refractivity contribution in [3.63, 3.8) is 0 Å². The van der Waals surface area contributed by atoms with Crippen LogP contribution in [0, 0.1) is 19.7 Å². The third-order valence-corrected chi connectivity index (χ3v) is 5.67. The molecule has 0 aliphatic carbocycles. The minimum absolute atomic E-state index is 0.0250. The molecule has 0 aliphatic rings. The molecule has 0 aliphatic heterocycles. The first-order chi connectivity index (χ1) is 10.3. The van der Waals surface area contributed by atoms with Crippen LogP contribution < -0.4 is 9.46 Å². The van der Waals surface area contributed by atoms with Crippen molar-refractivity contribution in [2.24, 2.45) is 0 Å². The van der Waals surface area contributed by atoms with Crippen molar-refractivity contribution in [2.75, 3.05) is 13.7 Å². The van der Waals surface area contributed by atoms with Gasteiger partial charge in [0.05, 0.1) is 22.7 Å². The summed E-state index contributed by atoms with van der Waals surface area (Å²) >= 11 is 1.55. The molecule has 0 radical (unpaired) electrons. The Bertz CT molecular complexity index is 772. The number of hydrogen-bond donors (Lipinski definition) is 1. The Morgan fingerprint density at radius 1 is 1.36 bits per heavy atom. The third kappa shape index (κ3) is 3.82. The first-order valence-corrected chi connectivity index (χ1v) is 8.89. The van der Waals surface area contributed by atoms with E-state index in [0.29, 0.717) is 6.42 Å². The third-order valence-electron chi connectivity index (χ3n) is 3.08. The van der Waals surface area contributed by atoms with Crippen LogP contribution in [0.2, 0.25) is 0 Å². The maximum Gasteiger partial charge on any atom is 0.240 e. The highest BCUT2D eigenvalue weighted by atomic mass is 32.2. The summed E-state index contributed by atoms with van der Waals surface area (Å²) in [5.74, 6) is -0.700. The minimum atomic E-state index is -3.70. The molecule has 0 fully saturated rings. The number of benzene rings is 1. The molecule has 2 aromatic rings. The highest BCUT2D eigenvalue weighted by Crippen LogP contribution is 2.21. The van der Waals surface area contributed by atoms with Crippen LogP contribution in [0.15, 0.2) is 23.1 Å². The number of thiazole rings is 1. The summed E-state index contributed by atoms with van der Waals surface area (Å²) < 4.78 is 45.0. The quantitative estimate of drug-likeness (QED) is 0.874. The fourth-order valence-electron chi connectivity index (χ4n) is 1.99. The molecule has 1 heterocycles. The fraction of sp³-hybridized carbons (Fsp3) is 0.357. The average molecular weight is 344 g/mol. The molecular weight excluding hydrogens is 327 g/mol. The van der Waals surface area contributed by atoms with E-state index in [1.165, 1.54) is 19.2 Å². The molecule has 0 bridgehead atoms. The van der Waals surface area contributed by atoms with Gasteiger partial charge in [-0.25, -0.2) is 22.5 Å². The van der Waals surface area contributed by atoms with Gasteiger partial charge in [0.15, 0.2) is 11.6 Å². The van der Waals surface area contributed by atoms with Gasteiger partial charge in [-0.2, -0.15) is 0 Å². The van der Waals surface area contributed by atoms with Crippen LogP contribution in [0.5, 0.6) is 5.75 Å². The summed E-state index contributed by atoms with van der Waals surface area (Å²) in [7, 11) is -2.41. The highest BCUT2D eigenvalue weighted by Gasteiger charge is 2.16. The van der Waals surface area contributed by atoms with E-state index in [2.05, 4.69) is 9.71 Å². The van der Waals surface area contributed by atoms with E-state index >= 15 is 0 Å². The zero-order valence-electron chi connectivity index (χ0n) is 12.5. The van der Waals surface area contributed by atoms with E-state index in [1.807, 2.05) is 13.8 Å². The van der Waals surface area contributed by atoms with Gasteiger partial charge in [-0.05, 0) is 32.4 Å². The number of ether oxygens (including phenoxy) is 1. The molecule has 0 saturated heterocycles. The summed E-state index contributed by atoms with van der Waals surface area (Å²) in [5, 5.41) is 0.957. The number of aryl methyl sites for hydroxylation is 2. The number of nitrogens with zero attached hydrogens (tertiary/aromatic N) is 1. The summed E-state index contributed by atoms with van der Waals surface area (Å²) in [5.41, 5.74) is 0.921. The smallest absolute Gasteiger partial charge is 0.240 e. The van der Waals surface area contributed by atoms with Crippen LogP contribution >= 0.6 is 11.3 Å². The van der Waals surface area contributed by atoms with Crippen LogP contribution in [0.3, 0.4) is 0 Å². The molecule has 0 amide bonds. The Labute approximate surface area is 133 Å². The van der Waals surface area contributed by atoms with Crippen molar-refractivity contribution in [3.8, 4) is 5.75 Å². The van der Waals surface area contributed by atoms with Gasteiger partial charge in [0.25, 0.3) is 0 Å². The van der Waals surface area contributed by atoms with Crippen molar-refractivity contribution in [2.45, 2.75) is 25.2 Å². The number of aromatic nitrogens is 1. The Kier molecular flexibility index (Phi) is 5.15. The number of rotatable bonds is 6. The second-order valence-corrected chi connectivity index (χ2v) is 7.74. The molecule has 22 heavy (non-hydrogen) atoms. The van der Waals surface area contributed by atoms with Crippen molar-refractivity contribution in [1.29, 1.82) is 0 Å². The molecule has 0 saturated carbocycles. The van der Waals surface area contributed by atoms with Gasteiger partial charge in [-0.15, -0.1) is 11.3 Å². The first kappa shape index (κ1) is 16.9. The normalized spacial score (nSPS) is 11.6. The summed E-state index contributed by atoms with van der Waals surface area (Å²) in [6.45, 7) is 4.07. The van der Waals surface area contributed by atoms with Gasteiger partial charge in [0.2, 0.25) is 10.0 Å². The Morgan fingerprint density at radius 2 is 2.09 bits per heavy atom. The Balaban J connectivity index is 2.06. The second-order valence-electron chi connectivity index (χ2n) is 4.69. The van der Waals surface area contributed by atoms with Crippen LogP contribution in [0.25, 0.3) is 0 Å². The van der Waals surface area contributed by atoms with E-state index in [9.17, 15) is 12.8 Å². The Hall–Kier alpha value is -1.51. The van der Waals surface area contributed by atoms with Crippen molar-refractivity contribution in [1.82, 2.24) is 9.71 Å². The lowest BCUT2D eigenvalue weighted by molar-refractivity contribution is 0.385. The molecule has 5 nitrogen and oxygen atoms in total. The van der Waals surface area contributed by atoms with Crippen molar-refractivity contribution in [3.05, 3.63) is 39.6 Å². The minimum Gasteiger partial charge on any atom is -0.494 e. The van der Waals surface area contributed by atoms with Crippen LogP contribution in [0.1, 0.15) is 15.6 Å². The first-order valence-electron chi connectivity index (χ1n) is 6.59. The van der Waals surface area contributed by atoms with Crippen LogP contribution in [0.4, 0.5) is 4.39 Å². The largest absolute Gasteiger partial charge is 0.494 e. The second kappa shape index (κ2) is 6.72. The fourth-order valence-corrected chi connectivity index (χ4v) is 3.98. The zero-order chi connectivity index (χ0) is 16.3. The summed E-state index contributed by atoms with van der Waals surface area (Å²) in [4.78, 5) is 5.33. The topological polar surface area (TPSA) is 68.3 Å². The van der Waals surface area contributed by atoms with E-state index in [0.717, 1.165) is 21.6 Å². The van der Waals surface area contributed by atoms with E-state index in [1.54, 1.807) is 11.3 Å². The van der Waals surface area contributed by atoms with E-state index in [-0.39, 0.29) is 17.2 Å². The predicted octanol–water partition coefficient (Wildman–Crippen LogP) is 2.43. The van der Waals surface area contributed by atoms with E-state index in [4.69, 9.17) is 4.74 Å². The number of halogens is 1. The SMILES string of the molecule is COc1cc(S(=O)(=O)NCCc2sc(C)nc2C)ccc1F. The van der Waals surface area contributed by atoms with Crippen molar-refractivity contribution < 1.29 is 17.5 Å². The molecule has 0 atom stereocenters. The maximum absolute atomic E-state index is 13.3. The summed E-state index contributed by atoms with van der Waals surface area (Å²) in [6, 6.07) is 3.45. The maximum atomic E-state index is 13.3. The molecule has 0 spiro atoms. The molecule has 0 unspecified atom stereocenters. The molecular formula is C14H17FN2O3S2. The zero-order valence-corrected chi connectivity index (χ0v) is 14.1. The molecule has 120 valence electrons. The highest BCUT2D eigenvalue weighted by molar-refractivity contribution is 7.89. The molecule has 2 rings (SSSR count). The summed E-state index contributed by atoms with van der Waals surface area (Å²) in [6.07, 6.45) is 0.564. The number of sulfonamides is 1. The predicted molar refractivity (Wildman–Crippen MR) is 83.4 cm³/mol. The standard InChI is InChI=1S/C14H17FN2O3S2/c1-9-14(21-10(2)17-9)6-7-16-22(18,19)11-4-5-12(15)13(8-11)20-3/h4-5,8,16H,6-7H2,1-3H3. The van der Waals surface area contributed by atoms with Gasteiger partial charge in [0.1, 0.15) is 0 Å². The molecule has 1 aromatic carbocycles. The number of nitrogens with one attached hydrogen (secondary N) is 1. The van der Waals surface area contributed by atoms with Crippen LogP contribution in [-0.4, -0.2) is 27.1 Å². The van der Waals surface area contributed by atoms with Crippen molar-refractivity contribution >= 4 is 21.4 Å². The number of hydrogen-bond acceptors (Lipinski definition) is 5. The monoisotopic (exact) mass is 344 g/mol. The Morgan fingerprint density at radius 3 is 2.68 bits per heavy atom. The van der Waals surface area contributed by atoms with Crippen LogP contribution in [-0.2, 0) is 16.4 Å². The number of methoxy groups -OCH3 is 1. The molecule has 8 heteroatoms. The lowest BCUT2D eigenvalue weighted by atomic mass is 10.3. The van der Waals surface area contributed by atoms with Gasteiger partial charge in [-0.1, -0.05) is 0 Å². The molecule has 1 aromatic heterocycles. The lowest BCUT2D eigenvalue weighted by Gasteiger charge is -2.08. The molecule has 1 N–H and O–H groups in total. The van der Waals surface area contributed by atoms with Gasteiger partial charge < -0.3 is 4.74 Å². The van der Waals surface area contributed by atoms with Gasteiger partial charge in [0, 0.05) is 17.5 Å². The van der Waals surface area contributed by atoms with Gasteiger partial charge >= 0.3 is 0 Å². The lowest BCUT2D eigenvalue weighted by Crippen LogP contribution is -2.26. The van der Waals surface area contributed by atoms with E-state index < -0.39 is 15.8 Å². The van der Waals surface area contributed by atoms with Gasteiger partial charge in [-0.3, -0.25) is 0 Å².